The minimum atomic E-state index is -1.19. The van der Waals surface area contributed by atoms with E-state index in [0.29, 0.717) is 5.75 Å². The Kier molecular flexibility index (Phi) is 6.31. The highest BCUT2D eigenvalue weighted by molar-refractivity contribution is 5.82. The molecule has 1 atom stereocenters. The molecule has 110 valence electrons. The van der Waals surface area contributed by atoms with Crippen LogP contribution in [0.1, 0.15) is 12.0 Å². The number of carbonyl (C=O) groups excluding carboxylic acids is 1. The zero-order valence-electron chi connectivity index (χ0n) is 11.1. The van der Waals surface area contributed by atoms with Crippen molar-refractivity contribution in [3.8, 4) is 5.75 Å². The summed E-state index contributed by atoms with van der Waals surface area (Å²) in [6.07, 6.45) is -0.0442. The Morgan fingerprint density at radius 3 is 2.65 bits per heavy atom. The minimum absolute atomic E-state index is 0.0442. The van der Waals surface area contributed by atoms with Crippen LogP contribution in [0.15, 0.2) is 24.3 Å². The Balaban J connectivity index is 2.52. The lowest BCUT2D eigenvalue weighted by Crippen LogP contribution is -2.46. The second-order valence-electron chi connectivity index (χ2n) is 4.04. The summed E-state index contributed by atoms with van der Waals surface area (Å²) in [7, 11) is 1.53. The van der Waals surface area contributed by atoms with Crippen molar-refractivity contribution in [2.45, 2.75) is 19.0 Å². The maximum Gasteiger partial charge on any atom is 0.326 e. The zero-order chi connectivity index (χ0) is 15.0. The minimum Gasteiger partial charge on any atom is -0.496 e. The molecule has 0 unspecified atom stereocenters. The summed E-state index contributed by atoms with van der Waals surface area (Å²) in [6, 6.07) is 5.45. The van der Waals surface area contributed by atoms with Crippen molar-refractivity contribution in [1.82, 2.24) is 10.6 Å². The van der Waals surface area contributed by atoms with Crippen molar-refractivity contribution in [3.05, 3.63) is 29.8 Å². The first kappa shape index (κ1) is 15.8. The van der Waals surface area contributed by atoms with Crippen molar-refractivity contribution in [3.63, 3.8) is 0 Å². The smallest absolute Gasteiger partial charge is 0.326 e. The molecular weight excluding hydrogens is 264 g/mol. The highest BCUT2D eigenvalue weighted by atomic mass is 16.5. The molecule has 0 saturated heterocycles. The third-order valence-corrected chi connectivity index (χ3v) is 2.65. The number of methoxy groups -OCH3 is 1. The van der Waals surface area contributed by atoms with Crippen molar-refractivity contribution in [2.75, 3.05) is 13.7 Å². The van der Waals surface area contributed by atoms with Gasteiger partial charge < -0.3 is 25.6 Å². The number of aliphatic carboxylic acids is 1. The fraction of sp³-hybridized carbons (Fsp3) is 0.385. The number of carboxylic acid groups (broad SMARTS) is 1. The van der Waals surface area contributed by atoms with Gasteiger partial charge in [0.05, 0.1) is 7.11 Å². The van der Waals surface area contributed by atoms with Gasteiger partial charge in [-0.1, -0.05) is 18.2 Å². The number of benzene rings is 1. The van der Waals surface area contributed by atoms with E-state index in [0.717, 1.165) is 5.56 Å². The maximum atomic E-state index is 11.6. The van der Waals surface area contributed by atoms with E-state index in [2.05, 4.69) is 10.6 Å². The molecule has 20 heavy (non-hydrogen) atoms. The molecule has 0 aromatic heterocycles. The van der Waals surface area contributed by atoms with Crippen LogP contribution >= 0.6 is 0 Å². The van der Waals surface area contributed by atoms with Crippen LogP contribution in [0.4, 0.5) is 4.79 Å². The van der Waals surface area contributed by atoms with E-state index in [9.17, 15) is 9.59 Å². The largest absolute Gasteiger partial charge is 0.496 e. The van der Waals surface area contributed by atoms with E-state index in [4.69, 9.17) is 14.9 Å². The zero-order valence-corrected chi connectivity index (χ0v) is 11.1. The number of nitrogens with one attached hydrogen (secondary N) is 2. The molecule has 0 aliphatic rings. The summed E-state index contributed by atoms with van der Waals surface area (Å²) in [5.41, 5.74) is 0.777. The number of para-hydroxylation sites is 1. The Labute approximate surface area is 116 Å². The number of amides is 2. The van der Waals surface area contributed by atoms with Gasteiger partial charge in [-0.3, -0.25) is 0 Å². The number of hydrogen-bond acceptors (Lipinski definition) is 4. The van der Waals surface area contributed by atoms with Gasteiger partial charge in [-0.2, -0.15) is 0 Å². The second-order valence-corrected chi connectivity index (χ2v) is 4.04. The van der Waals surface area contributed by atoms with Gasteiger partial charge in [-0.05, 0) is 6.07 Å². The highest BCUT2D eigenvalue weighted by Crippen LogP contribution is 2.16. The van der Waals surface area contributed by atoms with E-state index >= 15 is 0 Å². The predicted octanol–water partition coefficient (Wildman–Crippen LogP) is 0.330. The van der Waals surface area contributed by atoms with Gasteiger partial charge in [-0.15, -0.1) is 0 Å². The molecule has 1 aromatic rings. The van der Waals surface area contributed by atoms with Gasteiger partial charge in [0, 0.05) is 25.1 Å². The molecule has 1 rings (SSSR count). The molecule has 0 fully saturated rings. The molecule has 0 aliphatic heterocycles. The molecule has 0 spiro atoms. The van der Waals surface area contributed by atoms with Gasteiger partial charge in [-0.25, -0.2) is 9.59 Å². The quantitative estimate of drug-likeness (QED) is 0.576. The summed E-state index contributed by atoms with van der Waals surface area (Å²) >= 11 is 0. The Bertz CT molecular complexity index is 464. The van der Waals surface area contributed by atoms with Gasteiger partial charge in [0.15, 0.2) is 0 Å². The summed E-state index contributed by atoms with van der Waals surface area (Å²) in [5, 5.41) is 22.4. The van der Waals surface area contributed by atoms with Crippen LogP contribution in [0.5, 0.6) is 5.75 Å². The molecule has 1 aromatic carbocycles. The van der Waals surface area contributed by atoms with Crippen molar-refractivity contribution < 1.29 is 24.5 Å². The van der Waals surface area contributed by atoms with Gasteiger partial charge in [0.2, 0.25) is 0 Å². The summed E-state index contributed by atoms with van der Waals surface area (Å²) < 4.78 is 5.14. The van der Waals surface area contributed by atoms with E-state index in [1.165, 1.54) is 7.11 Å². The maximum absolute atomic E-state index is 11.6. The number of aliphatic hydroxyl groups excluding tert-OH is 1. The standard InChI is InChI=1S/C13H18N2O5/c1-20-11-5-3-2-4-9(11)8-14-13(19)15-10(6-7-16)12(17)18/h2-5,10,16H,6-8H2,1H3,(H,17,18)(H2,14,15,19)/t10-/m0/s1. The van der Waals surface area contributed by atoms with Crippen LogP contribution in [-0.2, 0) is 11.3 Å². The van der Waals surface area contributed by atoms with E-state index < -0.39 is 18.0 Å². The number of aliphatic hydroxyl groups is 1. The molecule has 0 aliphatic carbocycles. The first-order chi connectivity index (χ1) is 9.58. The summed E-state index contributed by atoms with van der Waals surface area (Å²) in [5.74, 6) is -0.551. The molecular formula is C13H18N2O5. The van der Waals surface area contributed by atoms with Crippen LogP contribution in [0.25, 0.3) is 0 Å². The van der Waals surface area contributed by atoms with Crippen molar-refractivity contribution in [1.29, 1.82) is 0 Å². The normalized spacial score (nSPS) is 11.5. The summed E-state index contributed by atoms with van der Waals surface area (Å²) in [6.45, 7) is -0.106. The molecule has 0 saturated carbocycles. The molecule has 0 heterocycles. The molecule has 0 bridgehead atoms. The predicted molar refractivity (Wildman–Crippen MR) is 71.5 cm³/mol. The monoisotopic (exact) mass is 282 g/mol. The average molecular weight is 282 g/mol. The highest BCUT2D eigenvalue weighted by Gasteiger charge is 2.18. The van der Waals surface area contributed by atoms with Crippen LogP contribution in [-0.4, -0.2) is 42.0 Å². The fourth-order valence-corrected chi connectivity index (χ4v) is 1.62. The van der Waals surface area contributed by atoms with Gasteiger partial charge in [0.25, 0.3) is 0 Å². The fourth-order valence-electron chi connectivity index (χ4n) is 1.62. The van der Waals surface area contributed by atoms with Crippen molar-refractivity contribution in [2.24, 2.45) is 0 Å². The first-order valence-electron chi connectivity index (χ1n) is 6.08. The second kappa shape index (κ2) is 8.00. The van der Waals surface area contributed by atoms with Gasteiger partial charge in [0.1, 0.15) is 11.8 Å². The third-order valence-electron chi connectivity index (χ3n) is 2.65. The SMILES string of the molecule is COc1ccccc1CNC(=O)N[C@@H](CCO)C(=O)O. The molecule has 4 N–H and O–H groups in total. The number of carbonyl (C=O) groups is 2. The lowest BCUT2D eigenvalue weighted by atomic mass is 10.2. The number of carboxylic acids is 1. The summed E-state index contributed by atoms with van der Waals surface area (Å²) in [4.78, 5) is 22.4. The molecule has 2 amide bonds. The Morgan fingerprint density at radius 1 is 1.35 bits per heavy atom. The Hall–Kier alpha value is -2.28. The van der Waals surface area contributed by atoms with E-state index in [1.54, 1.807) is 12.1 Å². The number of rotatable bonds is 7. The molecule has 7 heteroatoms. The molecule has 0 radical (unpaired) electrons. The van der Waals surface area contributed by atoms with Crippen LogP contribution in [0.3, 0.4) is 0 Å². The van der Waals surface area contributed by atoms with Crippen molar-refractivity contribution >= 4 is 12.0 Å². The topological polar surface area (TPSA) is 108 Å². The lowest BCUT2D eigenvalue weighted by molar-refractivity contribution is -0.139. The van der Waals surface area contributed by atoms with E-state index in [-0.39, 0.29) is 19.6 Å². The van der Waals surface area contributed by atoms with E-state index in [1.807, 2.05) is 12.1 Å². The van der Waals surface area contributed by atoms with Gasteiger partial charge >= 0.3 is 12.0 Å². The lowest BCUT2D eigenvalue weighted by Gasteiger charge is -2.14. The number of hydrogen-bond donors (Lipinski definition) is 4. The Morgan fingerprint density at radius 2 is 2.05 bits per heavy atom. The first-order valence-corrected chi connectivity index (χ1v) is 6.08. The van der Waals surface area contributed by atoms with Crippen LogP contribution < -0.4 is 15.4 Å². The van der Waals surface area contributed by atoms with Crippen LogP contribution in [0.2, 0.25) is 0 Å². The average Bonchev–Trinajstić information content (AvgIpc) is 2.44. The molecule has 7 nitrogen and oxygen atoms in total. The third kappa shape index (κ3) is 4.77. The number of urea groups is 1. The number of ether oxygens (including phenoxy) is 1. The van der Waals surface area contributed by atoms with Crippen LogP contribution in [0, 0.1) is 0 Å².